The van der Waals surface area contributed by atoms with Gasteiger partial charge in [0.05, 0.1) is 22.5 Å². The van der Waals surface area contributed by atoms with Crippen molar-refractivity contribution in [1.29, 1.82) is 0 Å². The molecule has 0 bridgehead atoms. The van der Waals surface area contributed by atoms with Crippen LogP contribution in [0, 0.1) is 0 Å². The molecular formula is C24H29N3O3S. The van der Waals surface area contributed by atoms with Crippen LogP contribution in [-0.4, -0.2) is 36.9 Å². The number of para-hydroxylation sites is 1. The van der Waals surface area contributed by atoms with E-state index in [9.17, 15) is 13.2 Å². The van der Waals surface area contributed by atoms with Gasteiger partial charge in [-0.2, -0.15) is 0 Å². The maximum atomic E-state index is 12.9. The molecule has 0 saturated carbocycles. The average molecular weight is 440 g/mol. The lowest BCUT2D eigenvalue weighted by atomic mass is 10.0. The molecule has 0 spiro atoms. The second-order valence-corrected chi connectivity index (χ2v) is 10.2. The molecular weight excluding hydrogens is 410 g/mol. The van der Waals surface area contributed by atoms with E-state index in [-0.39, 0.29) is 23.5 Å². The lowest BCUT2D eigenvalue weighted by Gasteiger charge is -2.16. The van der Waals surface area contributed by atoms with Crippen molar-refractivity contribution in [3.05, 3.63) is 65.9 Å². The van der Waals surface area contributed by atoms with Gasteiger partial charge in [0.2, 0.25) is 0 Å². The van der Waals surface area contributed by atoms with Gasteiger partial charge in [0.1, 0.15) is 0 Å². The molecule has 0 saturated heterocycles. The molecule has 7 heteroatoms. The lowest BCUT2D eigenvalue weighted by Crippen LogP contribution is -2.30. The maximum Gasteiger partial charge on any atom is 0.255 e. The van der Waals surface area contributed by atoms with E-state index < -0.39 is 9.84 Å². The van der Waals surface area contributed by atoms with Crippen molar-refractivity contribution in [2.75, 3.05) is 16.8 Å². The Morgan fingerprint density at radius 2 is 1.81 bits per heavy atom. The first-order valence-electron chi connectivity index (χ1n) is 10.5. The van der Waals surface area contributed by atoms with Crippen LogP contribution in [0.2, 0.25) is 0 Å². The van der Waals surface area contributed by atoms with Gasteiger partial charge in [-0.1, -0.05) is 31.2 Å². The summed E-state index contributed by atoms with van der Waals surface area (Å²) in [4.78, 5) is 17.3. The van der Waals surface area contributed by atoms with Crippen LogP contribution in [0.3, 0.4) is 0 Å². The Kier molecular flexibility index (Phi) is 7.28. The number of sulfone groups is 1. The Morgan fingerprint density at radius 3 is 2.48 bits per heavy atom. The monoisotopic (exact) mass is 439 g/mol. The predicted octanol–water partition coefficient (Wildman–Crippen LogP) is 4.48. The number of pyridine rings is 1. The molecule has 0 atom stereocenters. The largest absolute Gasteiger partial charge is 0.354 e. The van der Waals surface area contributed by atoms with Crippen molar-refractivity contribution in [1.82, 2.24) is 10.3 Å². The Hall–Kier alpha value is -2.93. The van der Waals surface area contributed by atoms with Gasteiger partial charge < -0.3 is 10.6 Å². The van der Waals surface area contributed by atoms with Gasteiger partial charge in [-0.25, -0.2) is 8.42 Å². The topological polar surface area (TPSA) is 88.2 Å². The van der Waals surface area contributed by atoms with Crippen LogP contribution in [0.1, 0.15) is 43.1 Å². The van der Waals surface area contributed by atoms with Crippen molar-refractivity contribution in [2.24, 2.45) is 0 Å². The van der Waals surface area contributed by atoms with Crippen LogP contribution in [0.15, 0.2) is 54.7 Å². The van der Waals surface area contributed by atoms with Crippen LogP contribution in [0.25, 0.3) is 10.9 Å². The number of carbonyl (C=O) groups excluding carboxylic acids is 1. The quantitative estimate of drug-likeness (QED) is 0.513. The highest BCUT2D eigenvalue weighted by Gasteiger charge is 2.17. The average Bonchev–Trinajstić information content (AvgIpc) is 2.72. The van der Waals surface area contributed by atoms with E-state index in [1.165, 1.54) is 0 Å². The van der Waals surface area contributed by atoms with Crippen LogP contribution in [-0.2, 0) is 16.3 Å². The number of carbonyl (C=O) groups is 1. The number of fused-ring (bicyclic) bond motifs is 1. The molecule has 2 N–H and O–H groups in total. The van der Waals surface area contributed by atoms with E-state index in [1.807, 2.05) is 69.3 Å². The van der Waals surface area contributed by atoms with Gasteiger partial charge in [0, 0.05) is 29.1 Å². The number of hydrogen-bond acceptors (Lipinski definition) is 5. The fourth-order valence-corrected chi connectivity index (χ4v) is 4.77. The number of anilines is 2. The molecule has 0 aliphatic rings. The number of nitrogens with one attached hydrogen (secondary N) is 2. The Bertz CT molecular complexity index is 1160. The summed E-state index contributed by atoms with van der Waals surface area (Å²) in [5.41, 5.74) is 3.59. The zero-order chi connectivity index (χ0) is 22.4. The van der Waals surface area contributed by atoms with Crippen molar-refractivity contribution in [3.63, 3.8) is 0 Å². The minimum absolute atomic E-state index is 0.0112. The zero-order valence-electron chi connectivity index (χ0n) is 18.2. The summed E-state index contributed by atoms with van der Waals surface area (Å²) in [6.45, 7) is 5.68. The molecule has 0 aliphatic carbocycles. The van der Waals surface area contributed by atoms with E-state index in [1.54, 1.807) is 6.20 Å². The lowest BCUT2D eigenvalue weighted by molar-refractivity contribution is 0.0943. The number of nitrogens with zero attached hydrogens (tertiary/aromatic N) is 1. The maximum absolute atomic E-state index is 12.9. The molecule has 0 unspecified atom stereocenters. The van der Waals surface area contributed by atoms with Gasteiger partial charge in [-0.05, 0) is 56.5 Å². The normalized spacial score (nSPS) is 11.6. The van der Waals surface area contributed by atoms with E-state index in [0.717, 1.165) is 22.2 Å². The Labute approximate surface area is 184 Å². The van der Waals surface area contributed by atoms with Gasteiger partial charge in [-0.3, -0.25) is 9.78 Å². The van der Waals surface area contributed by atoms with Gasteiger partial charge >= 0.3 is 0 Å². The first-order chi connectivity index (χ1) is 14.8. The number of hydrogen-bond donors (Lipinski definition) is 2. The van der Waals surface area contributed by atoms with E-state index in [2.05, 4.69) is 15.6 Å². The molecule has 2 aromatic carbocycles. The molecule has 3 rings (SSSR count). The highest BCUT2D eigenvalue weighted by molar-refractivity contribution is 7.91. The number of rotatable bonds is 9. The molecule has 1 heterocycles. The standard InChI is InChI=1S/C24H29N3O3S/c1-4-13-31(29,30)14-12-18-10-11-22-20(15-18)23(27-19-8-6-5-7-9-19)21(16-25-22)24(28)26-17(2)3/h5-11,15-17H,4,12-14H2,1-3H3,(H,25,27)(H,26,28). The summed E-state index contributed by atoms with van der Waals surface area (Å²) < 4.78 is 24.3. The second-order valence-electron chi connectivity index (χ2n) is 7.92. The van der Waals surface area contributed by atoms with Gasteiger partial charge in [-0.15, -0.1) is 0 Å². The summed E-state index contributed by atoms with van der Waals surface area (Å²) >= 11 is 0. The van der Waals surface area contributed by atoms with Crippen LogP contribution in [0.4, 0.5) is 11.4 Å². The molecule has 164 valence electrons. The summed E-state index contributed by atoms with van der Waals surface area (Å²) in [5, 5.41) is 7.08. The van der Waals surface area contributed by atoms with Crippen molar-refractivity contribution in [3.8, 4) is 0 Å². The third kappa shape index (κ3) is 6.04. The number of aromatic nitrogens is 1. The molecule has 0 aliphatic heterocycles. The summed E-state index contributed by atoms with van der Waals surface area (Å²) in [5.74, 6) is 0.0933. The second kappa shape index (κ2) is 9.92. The highest BCUT2D eigenvalue weighted by Crippen LogP contribution is 2.30. The predicted molar refractivity (Wildman–Crippen MR) is 127 cm³/mol. The Balaban J connectivity index is 2.05. The fourth-order valence-electron chi connectivity index (χ4n) is 3.39. The van der Waals surface area contributed by atoms with E-state index >= 15 is 0 Å². The number of amides is 1. The van der Waals surface area contributed by atoms with Crippen molar-refractivity contribution < 1.29 is 13.2 Å². The smallest absolute Gasteiger partial charge is 0.255 e. The van der Waals surface area contributed by atoms with E-state index in [0.29, 0.717) is 24.1 Å². The molecule has 1 amide bonds. The highest BCUT2D eigenvalue weighted by atomic mass is 32.2. The first-order valence-corrected chi connectivity index (χ1v) is 12.4. The summed E-state index contributed by atoms with van der Waals surface area (Å²) in [6.07, 6.45) is 2.62. The molecule has 1 aromatic heterocycles. The third-order valence-corrected chi connectivity index (χ3v) is 6.71. The summed E-state index contributed by atoms with van der Waals surface area (Å²) in [7, 11) is -3.07. The van der Waals surface area contributed by atoms with Gasteiger partial charge in [0.25, 0.3) is 5.91 Å². The minimum Gasteiger partial charge on any atom is -0.354 e. The molecule has 0 fully saturated rings. The van der Waals surface area contributed by atoms with Crippen LogP contribution in [0.5, 0.6) is 0 Å². The van der Waals surface area contributed by atoms with E-state index in [4.69, 9.17) is 0 Å². The first kappa shape index (κ1) is 22.7. The van der Waals surface area contributed by atoms with Crippen LogP contribution < -0.4 is 10.6 Å². The molecule has 31 heavy (non-hydrogen) atoms. The zero-order valence-corrected chi connectivity index (χ0v) is 19.0. The molecule has 3 aromatic rings. The van der Waals surface area contributed by atoms with Crippen molar-refractivity contribution >= 4 is 38.0 Å². The van der Waals surface area contributed by atoms with Gasteiger partial charge in [0.15, 0.2) is 9.84 Å². The molecule has 6 nitrogen and oxygen atoms in total. The van der Waals surface area contributed by atoms with Crippen LogP contribution >= 0.6 is 0 Å². The summed E-state index contributed by atoms with van der Waals surface area (Å²) in [6, 6.07) is 15.3. The molecule has 0 radical (unpaired) electrons. The fraction of sp³-hybridized carbons (Fsp3) is 0.333. The SMILES string of the molecule is CCCS(=O)(=O)CCc1ccc2ncc(C(=O)NC(C)C)c(Nc3ccccc3)c2c1. The minimum atomic E-state index is -3.07. The third-order valence-electron chi connectivity index (χ3n) is 4.86. The number of benzene rings is 2. The Morgan fingerprint density at radius 1 is 1.06 bits per heavy atom. The number of aryl methyl sites for hydroxylation is 1. The van der Waals surface area contributed by atoms with Crippen molar-refractivity contribution in [2.45, 2.75) is 39.7 Å².